The third kappa shape index (κ3) is 4.05. The Morgan fingerprint density at radius 2 is 1.86 bits per heavy atom. The molecule has 2 heterocycles. The third-order valence-electron chi connectivity index (χ3n) is 4.83. The molecule has 29 heavy (non-hydrogen) atoms. The number of anilines is 1. The van der Waals surface area contributed by atoms with Crippen molar-refractivity contribution in [2.24, 2.45) is 0 Å². The summed E-state index contributed by atoms with van der Waals surface area (Å²) in [5.74, 6) is 0.802. The molecule has 0 spiro atoms. The predicted octanol–water partition coefficient (Wildman–Crippen LogP) is 3.64. The van der Waals surface area contributed by atoms with Crippen LogP contribution in [0.4, 0.5) is 5.69 Å². The van der Waals surface area contributed by atoms with E-state index in [4.69, 9.17) is 0 Å². The number of thioether (sulfide) groups is 1. The van der Waals surface area contributed by atoms with Gasteiger partial charge in [0.15, 0.2) is 0 Å². The first-order valence-corrected chi connectivity index (χ1v) is 10.6. The van der Waals surface area contributed by atoms with E-state index in [0.29, 0.717) is 22.9 Å². The van der Waals surface area contributed by atoms with Crippen molar-refractivity contribution >= 4 is 29.3 Å². The number of amides is 2. The van der Waals surface area contributed by atoms with Crippen LogP contribution in [-0.2, 0) is 4.79 Å². The molecular weight excluding hydrogens is 384 g/mol. The molecule has 4 rings (SSSR count). The van der Waals surface area contributed by atoms with E-state index < -0.39 is 6.04 Å². The van der Waals surface area contributed by atoms with E-state index in [1.807, 2.05) is 67.1 Å². The molecule has 1 fully saturated rings. The Kier molecular flexibility index (Phi) is 5.40. The Hall–Kier alpha value is -3.06. The van der Waals surface area contributed by atoms with Crippen LogP contribution < -0.4 is 5.32 Å². The van der Waals surface area contributed by atoms with Crippen molar-refractivity contribution in [2.45, 2.75) is 19.9 Å². The van der Waals surface area contributed by atoms with Crippen LogP contribution in [-0.4, -0.2) is 44.2 Å². The minimum atomic E-state index is -0.495. The number of aromatic nitrogens is 2. The van der Waals surface area contributed by atoms with E-state index in [0.717, 1.165) is 17.1 Å². The average Bonchev–Trinajstić information content (AvgIpc) is 3.34. The van der Waals surface area contributed by atoms with E-state index in [1.54, 1.807) is 28.8 Å². The van der Waals surface area contributed by atoms with Crippen molar-refractivity contribution in [3.63, 3.8) is 0 Å². The van der Waals surface area contributed by atoms with Crippen LogP contribution in [0.5, 0.6) is 0 Å². The second-order valence-electron chi connectivity index (χ2n) is 7.04. The summed E-state index contributed by atoms with van der Waals surface area (Å²) < 4.78 is 1.85. The molecule has 7 heteroatoms. The summed E-state index contributed by atoms with van der Waals surface area (Å²) in [4.78, 5) is 27.4. The summed E-state index contributed by atoms with van der Waals surface area (Å²) >= 11 is 1.59. The average molecular weight is 407 g/mol. The Bertz CT molecular complexity index is 1050. The molecule has 148 valence electrons. The molecule has 0 bridgehead atoms. The van der Waals surface area contributed by atoms with Crippen molar-refractivity contribution < 1.29 is 9.59 Å². The molecule has 1 aliphatic heterocycles. The van der Waals surface area contributed by atoms with Crippen LogP contribution in [0, 0.1) is 13.8 Å². The number of rotatable bonds is 4. The number of hydrogen-bond donors (Lipinski definition) is 1. The van der Waals surface area contributed by atoms with Crippen molar-refractivity contribution in [1.29, 1.82) is 0 Å². The SMILES string of the molecule is Cc1cc(C)n(-c2cccc(NC(=O)[C@@H]3CSCN3C(=O)c3ccccc3)c2)n1. The van der Waals surface area contributed by atoms with E-state index in [1.165, 1.54) is 0 Å². The molecule has 0 saturated carbocycles. The zero-order chi connectivity index (χ0) is 20.4. The highest BCUT2D eigenvalue weighted by atomic mass is 32.2. The maximum absolute atomic E-state index is 12.9. The highest BCUT2D eigenvalue weighted by Crippen LogP contribution is 2.25. The lowest BCUT2D eigenvalue weighted by Gasteiger charge is -2.23. The second kappa shape index (κ2) is 8.13. The first-order valence-electron chi connectivity index (χ1n) is 9.41. The summed E-state index contributed by atoms with van der Waals surface area (Å²) in [5, 5.41) is 7.46. The van der Waals surface area contributed by atoms with Crippen molar-refractivity contribution in [3.05, 3.63) is 77.6 Å². The summed E-state index contributed by atoms with van der Waals surface area (Å²) in [6.07, 6.45) is 0. The number of carbonyl (C=O) groups excluding carboxylic acids is 2. The summed E-state index contributed by atoms with van der Waals surface area (Å²) in [7, 11) is 0. The predicted molar refractivity (Wildman–Crippen MR) is 115 cm³/mol. The lowest BCUT2D eigenvalue weighted by Crippen LogP contribution is -2.44. The molecular formula is C22H22N4O2S. The number of carbonyl (C=O) groups is 2. The van der Waals surface area contributed by atoms with Gasteiger partial charge in [-0.3, -0.25) is 9.59 Å². The van der Waals surface area contributed by atoms with Crippen LogP contribution in [0.1, 0.15) is 21.7 Å². The fraction of sp³-hybridized carbons (Fsp3) is 0.227. The van der Waals surface area contributed by atoms with E-state index in [9.17, 15) is 9.59 Å². The molecule has 0 aliphatic carbocycles. The van der Waals surface area contributed by atoms with Crippen LogP contribution in [0.3, 0.4) is 0 Å². The Morgan fingerprint density at radius 1 is 1.07 bits per heavy atom. The maximum Gasteiger partial charge on any atom is 0.255 e. The molecule has 0 radical (unpaired) electrons. The fourth-order valence-electron chi connectivity index (χ4n) is 3.44. The Morgan fingerprint density at radius 3 is 2.59 bits per heavy atom. The molecule has 2 amide bonds. The summed E-state index contributed by atoms with van der Waals surface area (Å²) in [5.41, 5.74) is 4.13. The number of nitrogens with zero attached hydrogens (tertiary/aromatic N) is 3. The normalized spacial score (nSPS) is 16.1. The minimum Gasteiger partial charge on any atom is -0.324 e. The number of aryl methyl sites for hydroxylation is 2. The van der Waals surface area contributed by atoms with Gasteiger partial charge >= 0.3 is 0 Å². The van der Waals surface area contributed by atoms with Crippen LogP contribution in [0.25, 0.3) is 5.69 Å². The molecule has 1 N–H and O–H groups in total. The number of nitrogens with one attached hydrogen (secondary N) is 1. The largest absolute Gasteiger partial charge is 0.324 e. The highest BCUT2D eigenvalue weighted by molar-refractivity contribution is 7.99. The maximum atomic E-state index is 12.9. The molecule has 1 aliphatic rings. The number of hydrogen-bond acceptors (Lipinski definition) is 4. The summed E-state index contributed by atoms with van der Waals surface area (Å²) in [6, 6.07) is 18.2. The fourth-order valence-corrected chi connectivity index (χ4v) is 4.59. The first kappa shape index (κ1) is 19.3. The van der Waals surface area contributed by atoms with E-state index in [2.05, 4.69) is 10.4 Å². The van der Waals surface area contributed by atoms with Crippen molar-refractivity contribution in [1.82, 2.24) is 14.7 Å². The van der Waals surface area contributed by atoms with Gasteiger partial charge in [0.25, 0.3) is 5.91 Å². The van der Waals surface area contributed by atoms with Crippen LogP contribution in [0.15, 0.2) is 60.7 Å². The standard InChI is InChI=1S/C22H22N4O2S/c1-15-11-16(2)26(24-15)19-10-6-9-18(12-19)23-21(27)20-13-29-14-25(20)22(28)17-7-4-3-5-8-17/h3-12,20H,13-14H2,1-2H3,(H,23,27)/t20-/m0/s1. The minimum absolute atomic E-state index is 0.118. The lowest BCUT2D eigenvalue weighted by atomic mass is 10.1. The molecule has 1 saturated heterocycles. The van der Waals surface area contributed by atoms with Gasteiger partial charge in [0.1, 0.15) is 6.04 Å². The second-order valence-corrected chi connectivity index (χ2v) is 8.03. The van der Waals surface area contributed by atoms with E-state index >= 15 is 0 Å². The zero-order valence-corrected chi connectivity index (χ0v) is 17.1. The van der Waals surface area contributed by atoms with Gasteiger partial charge in [-0.1, -0.05) is 24.3 Å². The molecule has 0 unspecified atom stereocenters. The Labute approximate surface area is 173 Å². The number of benzene rings is 2. The van der Waals surface area contributed by atoms with Gasteiger partial charge in [-0.2, -0.15) is 5.10 Å². The van der Waals surface area contributed by atoms with Crippen LogP contribution in [0.2, 0.25) is 0 Å². The third-order valence-corrected chi connectivity index (χ3v) is 5.85. The van der Waals surface area contributed by atoms with Gasteiger partial charge < -0.3 is 10.2 Å². The quantitative estimate of drug-likeness (QED) is 0.718. The highest BCUT2D eigenvalue weighted by Gasteiger charge is 2.35. The molecule has 2 aromatic carbocycles. The van der Waals surface area contributed by atoms with E-state index in [-0.39, 0.29) is 11.8 Å². The van der Waals surface area contributed by atoms with Gasteiger partial charge in [-0.15, -0.1) is 11.8 Å². The van der Waals surface area contributed by atoms with Gasteiger partial charge in [-0.05, 0) is 50.2 Å². The molecule has 1 atom stereocenters. The van der Waals surface area contributed by atoms with Gasteiger partial charge in [0, 0.05) is 22.7 Å². The topological polar surface area (TPSA) is 67.2 Å². The lowest BCUT2D eigenvalue weighted by molar-refractivity contribution is -0.119. The molecule has 6 nitrogen and oxygen atoms in total. The van der Waals surface area contributed by atoms with Crippen molar-refractivity contribution in [3.8, 4) is 5.69 Å². The van der Waals surface area contributed by atoms with Crippen LogP contribution >= 0.6 is 11.8 Å². The summed E-state index contributed by atoms with van der Waals surface area (Å²) in [6.45, 7) is 3.94. The smallest absolute Gasteiger partial charge is 0.255 e. The van der Waals surface area contributed by atoms with Gasteiger partial charge in [0.05, 0.1) is 17.3 Å². The molecule has 3 aromatic rings. The van der Waals surface area contributed by atoms with Gasteiger partial charge in [-0.25, -0.2) is 4.68 Å². The monoisotopic (exact) mass is 406 g/mol. The van der Waals surface area contributed by atoms with Crippen molar-refractivity contribution in [2.75, 3.05) is 16.9 Å². The first-order chi connectivity index (χ1) is 14.0. The molecule has 1 aromatic heterocycles. The Balaban J connectivity index is 1.51. The van der Waals surface area contributed by atoms with Gasteiger partial charge in [0.2, 0.25) is 5.91 Å². The zero-order valence-electron chi connectivity index (χ0n) is 16.3.